The fourth-order valence-corrected chi connectivity index (χ4v) is 7.95. The first-order chi connectivity index (χ1) is 16.5. The highest BCUT2D eigenvalue weighted by Gasteiger charge is 2.56. The second kappa shape index (κ2) is 8.58. The second-order valence-electron chi connectivity index (χ2n) is 11.5. The van der Waals surface area contributed by atoms with Gasteiger partial charge in [-0.25, -0.2) is 0 Å². The highest BCUT2D eigenvalue weighted by molar-refractivity contribution is 5.91. The van der Waals surface area contributed by atoms with Crippen molar-refractivity contribution in [2.24, 2.45) is 23.2 Å². The SMILES string of the molecule is O=C1CN(c2ccc(CNC(=O)C3CCCN3C(=O)C34CC5CC(CC(C5)C3)C4)cc2)CCN1. The maximum absolute atomic E-state index is 13.8. The fourth-order valence-electron chi connectivity index (χ4n) is 7.95. The lowest BCUT2D eigenvalue weighted by molar-refractivity contribution is -0.160. The van der Waals surface area contributed by atoms with Gasteiger partial charge in [-0.05, 0) is 86.8 Å². The summed E-state index contributed by atoms with van der Waals surface area (Å²) in [5.41, 5.74) is 1.86. The molecule has 2 N–H and O–H groups in total. The van der Waals surface area contributed by atoms with E-state index in [0.29, 0.717) is 19.6 Å². The Kier molecular flexibility index (Phi) is 5.53. The van der Waals surface area contributed by atoms with Crippen LogP contribution in [0.4, 0.5) is 5.69 Å². The van der Waals surface area contributed by atoms with Gasteiger partial charge in [0, 0.05) is 31.9 Å². The van der Waals surface area contributed by atoms with Gasteiger partial charge in [-0.3, -0.25) is 14.4 Å². The van der Waals surface area contributed by atoms with E-state index >= 15 is 0 Å². The number of nitrogens with zero attached hydrogens (tertiary/aromatic N) is 2. The van der Waals surface area contributed by atoms with Crippen LogP contribution in [0, 0.1) is 23.2 Å². The normalized spacial score (nSPS) is 34.3. The van der Waals surface area contributed by atoms with Crippen LogP contribution in [-0.4, -0.2) is 54.8 Å². The minimum Gasteiger partial charge on any atom is -0.360 e. The van der Waals surface area contributed by atoms with Crippen molar-refractivity contribution in [1.82, 2.24) is 15.5 Å². The van der Waals surface area contributed by atoms with Gasteiger partial charge in [0.15, 0.2) is 0 Å². The summed E-state index contributed by atoms with van der Waals surface area (Å²) in [6.45, 7) is 3.02. The van der Waals surface area contributed by atoms with E-state index in [9.17, 15) is 14.4 Å². The summed E-state index contributed by atoms with van der Waals surface area (Å²) in [5, 5.41) is 5.94. The molecule has 3 amide bonds. The topological polar surface area (TPSA) is 81.8 Å². The highest BCUT2D eigenvalue weighted by atomic mass is 16.2. The molecule has 1 atom stereocenters. The highest BCUT2D eigenvalue weighted by Crippen LogP contribution is 2.60. The molecule has 2 heterocycles. The third kappa shape index (κ3) is 3.97. The zero-order valence-electron chi connectivity index (χ0n) is 19.9. The average Bonchev–Trinajstić information content (AvgIpc) is 3.31. The molecule has 7 rings (SSSR count). The van der Waals surface area contributed by atoms with Gasteiger partial charge in [0.2, 0.25) is 17.7 Å². The Hall–Kier alpha value is -2.57. The molecule has 4 bridgehead atoms. The zero-order chi connectivity index (χ0) is 23.3. The Morgan fingerprint density at radius 1 is 1.00 bits per heavy atom. The van der Waals surface area contributed by atoms with Gasteiger partial charge in [-0.2, -0.15) is 0 Å². The third-order valence-corrected chi connectivity index (χ3v) is 9.11. The maximum Gasteiger partial charge on any atom is 0.243 e. The Morgan fingerprint density at radius 2 is 1.68 bits per heavy atom. The molecule has 1 aromatic rings. The van der Waals surface area contributed by atoms with E-state index < -0.39 is 0 Å². The Bertz CT molecular complexity index is 939. The first-order valence-corrected chi connectivity index (χ1v) is 13.2. The number of hydrogen-bond acceptors (Lipinski definition) is 4. The number of likely N-dealkylation sites (tertiary alicyclic amines) is 1. The first-order valence-electron chi connectivity index (χ1n) is 13.2. The predicted molar refractivity (Wildman–Crippen MR) is 129 cm³/mol. The van der Waals surface area contributed by atoms with Crippen LogP contribution in [0.25, 0.3) is 0 Å². The quantitative estimate of drug-likeness (QED) is 0.701. The molecule has 1 unspecified atom stereocenters. The lowest BCUT2D eigenvalue weighted by atomic mass is 9.49. The van der Waals surface area contributed by atoms with Crippen LogP contribution in [0.2, 0.25) is 0 Å². The fraction of sp³-hybridized carbons (Fsp3) is 0.667. The van der Waals surface area contributed by atoms with Crippen LogP contribution in [-0.2, 0) is 20.9 Å². The lowest BCUT2D eigenvalue weighted by Crippen LogP contribution is -2.57. The Labute approximate surface area is 201 Å². The third-order valence-electron chi connectivity index (χ3n) is 9.11. The van der Waals surface area contributed by atoms with E-state index in [4.69, 9.17) is 0 Å². The summed E-state index contributed by atoms with van der Waals surface area (Å²) in [5.74, 6) is 2.49. The second-order valence-corrected chi connectivity index (χ2v) is 11.5. The molecule has 0 aromatic heterocycles. The molecule has 6 fully saturated rings. The molecule has 4 saturated carbocycles. The largest absolute Gasteiger partial charge is 0.360 e. The smallest absolute Gasteiger partial charge is 0.243 e. The number of hydrogen-bond donors (Lipinski definition) is 2. The van der Waals surface area contributed by atoms with E-state index in [1.165, 1.54) is 19.3 Å². The lowest BCUT2D eigenvalue weighted by Gasteiger charge is -2.56. The number of carbonyl (C=O) groups is 3. The van der Waals surface area contributed by atoms with Crippen LogP contribution < -0.4 is 15.5 Å². The van der Waals surface area contributed by atoms with E-state index in [-0.39, 0.29) is 29.2 Å². The molecule has 182 valence electrons. The van der Waals surface area contributed by atoms with Crippen molar-refractivity contribution in [1.29, 1.82) is 0 Å². The van der Waals surface area contributed by atoms with Crippen LogP contribution in [0.15, 0.2) is 24.3 Å². The number of rotatable bonds is 5. The zero-order valence-corrected chi connectivity index (χ0v) is 19.9. The van der Waals surface area contributed by atoms with Crippen molar-refractivity contribution in [3.63, 3.8) is 0 Å². The number of piperazine rings is 1. The van der Waals surface area contributed by atoms with Gasteiger partial charge >= 0.3 is 0 Å². The van der Waals surface area contributed by atoms with Crippen LogP contribution in [0.5, 0.6) is 0 Å². The Balaban J connectivity index is 1.07. The molecule has 0 radical (unpaired) electrons. The van der Waals surface area contributed by atoms with E-state index in [1.807, 2.05) is 29.2 Å². The van der Waals surface area contributed by atoms with Gasteiger partial charge < -0.3 is 20.4 Å². The summed E-state index contributed by atoms with van der Waals surface area (Å²) in [6, 6.07) is 7.72. The number of nitrogens with one attached hydrogen (secondary N) is 2. The van der Waals surface area contributed by atoms with Gasteiger partial charge in [0.05, 0.1) is 12.0 Å². The van der Waals surface area contributed by atoms with Crippen molar-refractivity contribution in [2.45, 2.75) is 64.0 Å². The number of amides is 3. The van der Waals surface area contributed by atoms with E-state index in [1.54, 1.807) is 0 Å². The monoisotopic (exact) mass is 464 g/mol. The molecular weight excluding hydrogens is 428 g/mol. The summed E-state index contributed by atoms with van der Waals surface area (Å²) < 4.78 is 0. The first kappa shape index (κ1) is 21.9. The minimum absolute atomic E-state index is 0.0210. The molecule has 7 nitrogen and oxygen atoms in total. The molecule has 6 aliphatic rings. The van der Waals surface area contributed by atoms with Crippen molar-refractivity contribution in [2.75, 3.05) is 31.1 Å². The van der Waals surface area contributed by atoms with Crippen LogP contribution >= 0.6 is 0 Å². The van der Waals surface area contributed by atoms with Crippen molar-refractivity contribution in [3.05, 3.63) is 29.8 Å². The number of benzene rings is 1. The van der Waals surface area contributed by atoms with Crippen molar-refractivity contribution < 1.29 is 14.4 Å². The number of anilines is 1. The molecule has 2 saturated heterocycles. The van der Waals surface area contributed by atoms with Gasteiger partial charge in [0.1, 0.15) is 6.04 Å². The van der Waals surface area contributed by atoms with E-state index in [2.05, 4.69) is 15.5 Å². The predicted octanol–water partition coefficient (Wildman–Crippen LogP) is 2.45. The summed E-state index contributed by atoms with van der Waals surface area (Å²) in [6.07, 6.45) is 8.78. The molecule has 34 heavy (non-hydrogen) atoms. The molecule has 1 aromatic carbocycles. The van der Waals surface area contributed by atoms with Gasteiger partial charge in [-0.1, -0.05) is 12.1 Å². The summed E-state index contributed by atoms with van der Waals surface area (Å²) in [7, 11) is 0. The average molecular weight is 465 g/mol. The molecular formula is C27H36N4O3. The minimum atomic E-state index is -0.327. The molecule has 4 aliphatic carbocycles. The van der Waals surface area contributed by atoms with Crippen molar-refractivity contribution >= 4 is 23.4 Å². The molecule has 7 heteroatoms. The van der Waals surface area contributed by atoms with E-state index in [0.717, 1.165) is 74.2 Å². The summed E-state index contributed by atoms with van der Waals surface area (Å²) in [4.78, 5) is 42.6. The van der Waals surface area contributed by atoms with Gasteiger partial charge in [-0.15, -0.1) is 0 Å². The Morgan fingerprint density at radius 3 is 2.32 bits per heavy atom. The standard InChI is InChI=1S/C27H36N4O3/c32-24-17-30(9-7-28-24)22-5-3-18(4-6-22)16-29-25(33)23-2-1-8-31(23)26(34)27-13-19-10-20(14-27)12-21(11-19)15-27/h3-6,19-21,23H,1-2,7-17H2,(H,28,32)(H,29,33). The maximum atomic E-state index is 13.8. The van der Waals surface area contributed by atoms with Crippen LogP contribution in [0.3, 0.4) is 0 Å². The summed E-state index contributed by atoms with van der Waals surface area (Å²) >= 11 is 0. The molecule has 2 aliphatic heterocycles. The molecule has 0 spiro atoms. The van der Waals surface area contributed by atoms with Gasteiger partial charge in [0.25, 0.3) is 0 Å². The number of carbonyl (C=O) groups excluding carboxylic acids is 3. The van der Waals surface area contributed by atoms with Crippen molar-refractivity contribution in [3.8, 4) is 0 Å². The van der Waals surface area contributed by atoms with Crippen LogP contribution in [0.1, 0.15) is 56.9 Å².